The number of carbonyl (C=O) groups excluding carboxylic acids is 1. The number of nitrogens with one attached hydrogen (secondary N) is 2. The maximum atomic E-state index is 12.1. The Balaban J connectivity index is 1.97. The molecule has 120 valence electrons. The Morgan fingerprint density at radius 3 is 2.43 bits per heavy atom. The number of aryl methyl sites for hydroxylation is 1. The monoisotopic (exact) mass is 326 g/mol. The van der Waals surface area contributed by atoms with Gasteiger partial charge in [-0.2, -0.15) is 0 Å². The second-order valence-corrected chi connectivity index (χ2v) is 6.26. The number of rotatable bonds is 4. The molecule has 0 atom stereocenters. The lowest BCUT2D eigenvalue weighted by Crippen LogP contribution is -2.35. The molecule has 2 rings (SSSR count). The van der Waals surface area contributed by atoms with Gasteiger partial charge in [-0.05, 0) is 47.8 Å². The predicted octanol–water partition coefficient (Wildman–Crippen LogP) is 4.17. The van der Waals surface area contributed by atoms with Crippen molar-refractivity contribution in [2.45, 2.75) is 33.1 Å². The van der Waals surface area contributed by atoms with E-state index >= 15 is 0 Å². The molecule has 0 unspecified atom stereocenters. The van der Waals surface area contributed by atoms with Crippen LogP contribution >= 0.6 is 12.2 Å². The largest absolute Gasteiger partial charge is 0.332 e. The molecule has 2 N–H and O–H groups in total. The van der Waals surface area contributed by atoms with Gasteiger partial charge in [0.05, 0.1) is 6.42 Å². The van der Waals surface area contributed by atoms with Gasteiger partial charge in [-0.25, -0.2) is 0 Å². The van der Waals surface area contributed by atoms with Crippen LogP contribution in [0.5, 0.6) is 0 Å². The van der Waals surface area contributed by atoms with E-state index < -0.39 is 0 Å². The van der Waals surface area contributed by atoms with Crippen molar-refractivity contribution in [2.75, 3.05) is 5.32 Å². The minimum Gasteiger partial charge on any atom is -0.332 e. The topological polar surface area (TPSA) is 41.1 Å². The first kappa shape index (κ1) is 17.2. The van der Waals surface area contributed by atoms with E-state index in [0.717, 1.165) is 16.8 Å². The van der Waals surface area contributed by atoms with Crippen LogP contribution in [0.4, 0.5) is 5.69 Å². The fraction of sp³-hybridized carbons (Fsp3) is 0.263. The Morgan fingerprint density at radius 1 is 1.09 bits per heavy atom. The van der Waals surface area contributed by atoms with Gasteiger partial charge in [-0.15, -0.1) is 0 Å². The summed E-state index contributed by atoms with van der Waals surface area (Å²) in [6, 6.07) is 15.8. The lowest BCUT2D eigenvalue weighted by molar-refractivity contribution is -0.119. The van der Waals surface area contributed by atoms with E-state index in [1.165, 1.54) is 5.56 Å². The first-order valence-corrected chi connectivity index (χ1v) is 8.12. The van der Waals surface area contributed by atoms with Gasteiger partial charge in [0, 0.05) is 5.69 Å². The van der Waals surface area contributed by atoms with Crippen LogP contribution in [0.2, 0.25) is 0 Å². The third kappa shape index (κ3) is 4.89. The van der Waals surface area contributed by atoms with Crippen LogP contribution in [-0.2, 0) is 11.2 Å². The van der Waals surface area contributed by atoms with Gasteiger partial charge < -0.3 is 10.6 Å². The van der Waals surface area contributed by atoms with Crippen molar-refractivity contribution >= 4 is 28.9 Å². The molecule has 1 amide bonds. The zero-order valence-corrected chi connectivity index (χ0v) is 14.5. The molecular weight excluding hydrogens is 304 g/mol. The average Bonchev–Trinajstić information content (AvgIpc) is 2.49. The predicted molar refractivity (Wildman–Crippen MR) is 99.8 cm³/mol. The molecule has 23 heavy (non-hydrogen) atoms. The Morgan fingerprint density at radius 2 is 1.74 bits per heavy atom. The van der Waals surface area contributed by atoms with Gasteiger partial charge in [0.2, 0.25) is 5.91 Å². The lowest BCUT2D eigenvalue weighted by Gasteiger charge is -2.15. The molecule has 2 aromatic carbocycles. The van der Waals surface area contributed by atoms with Gasteiger partial charge in [-0.1, -0.05) is 56.3 Å². The molecule has 4 heteroatoms. The molecule has 0 radical (unpaired) electrons. The Bertz CT molecular complexity index is 710. The van der Waals surface area contributed by atoms with Gasteiger partial charge in [0.15, 0.2) is 5.11 Å². The summed E-state index contributed by atoms with van der Waals surface area (Å²) in [6.07, 6.45) is 0.320. The first-order chi connectivity index (χ1) is 11.0. The standard InChI is InChI=1S/C19H22N2OS/c1-13(2)16-10-6-7-11-17(16)20-19(23)21-18(22)12-15-9-5-4-8-14(15)3/h4-11,13H,12H2,1-3H3,(H2,20,21,22,23). The highest BCUT2D eigenvalue weighted by Gasteiger charge is 2.10. The number of thiocarbonyl (C=S) groups is 1. The summed E-state index contributed by atoms with van der Waals surface area (Å²) in [5.41, 5.74) is 4.22. The van der Waals surface area contributed by atoms with Crippen LogP contribution in [-0.4, -0.2) is 11.0 Å². The van der Waals surface area contributed by atoms with Gasteiger partial charge in [-0.3, -0.25) is 4.79 Å². The maximum Gasteiger partial charge on any atom is 0.230 e. The number of carbonyl (C=O) groups is 1. The van der Waals surface area contributed by atoms with E-state index in [2.05, 4.69) is 30.5 Å². The number of hydrogen-bond acceptors (Lipinski definition) is 2. The lowest BCUT2D eigenvalue weighted by atomic mass is 10.0. The highest BCUT2D eigenvalue weighted by atomic mass is 32.1. The summed E-state index contributed by atoms with van der Waals surface area (Å²) in [4.78, 5) is 12.1. The zero-order valence-electron chi connectivity index (χ0n) is 13.7. The van der Waals surface area contributed by atoms with E-state index in [1.807, 2.05) is 49.4 Å². The molecule has 0 saturated heterocycles. The minimum absolute atomic E-state index is 0.112. The number of para-hydroxylation sites is 1. The van der Waals surface area contributed by atoms with Crippen LogP contribution in [0.15, 0.2) is 48.5 Å². The Kier molecular flexibility index (Phi) is 5.88. The van der Waals surface area contributed by atoms with Crippen molar-refractivity contribution in [3.05, 3.63) is 65.2 Å². The molecule has 0 spiro atoms. The summed E-state index contributed by atoms with van der Waals surface area (Å²) in [7, 11) is 0. The normalized spacial score (nSPS) is 10.4. The number of benzene rings is 2. The molecule has 2 aromatic rings. The highest BCUT2D eigenvalue weighted by Crippen LogP contribution is 2.23. The smallest absolute Gasteiger partial charge is 0.230 e. The van der Waals surface area contributed by atoms with Gasteiger partial charge in [0.25, 0.3) is 0 Å². The van der Waals surface area contributed by atoms with Crippen LogP contribution in [0.1, 0.15) is 36.5 Å². The summed E-state index contributed by atoms with van der Waals surface area (Å²) in [5.74, 6) is 0.267. The highest BCUT2D eigenvalue weighted by molar-refractivity contribution is 7.80. The van der Waals surface area contributed by atoms with Gasteiger partial charge >= 0.3 is 0 Å². The molecule has 0 aliphatic carbocycles. The minimum atomic E-state index is -0.112. The molecule has 0 aliphatic heterocycles. The number of amides is 1. The van der Waals surface area contributed by atoms with Gasteiger partial charge in [0.1, 0.15) is 0 Å². The fourth-order valence-electron chi connectivity index (χ4n) is 2.42. The Hall–Kier alpha value is -2.20. The third-order valence-corrected chi connectivity index (χ3v) is 3.90. The van der Waals surface area contributed by atoms with Crippen LogP contribution in [0.25, 0.3) is 0 Å². The molecule has 0 aromatic heterocycles. The molecule has 0 saturated carbocycles. The number of anilines is 1. The van der Waals surface area contributed by atoms with Crippen molar-refractivity contribution in [3.8, 4) is 0 Å². The zero-order chi connectivity index (χ0) is 16.8. The van der Waals surface area contributed by atoms with E-state index in [-0.39, 0.29) is 5.91 Å². The van der Waals surface area contributed by atoms with E-state index in [9.17, 15) is 4.79 Å². The third-order valence-electron chi connectivity index (χ3n) is 3.70. The second kappa shape index (κ2) is 7.88. The summed E-state index contributed by atoms with van der Waals surface area (Å²) in [6.45, 7) is 6.25. The van der Waals surface area contributed by atoms with Crippen LogP contribution in [0, 0.1) is 6.92 Å². The van der Waals surface area contributed by atoms with Crippen molar-refractivity contribution < 1.29 is 4.79 Å². The van der Waals surface area contributed by atoms with Crippen molar-refractivity contribution in [3.63, 3.8) is 0 Å². The van der Waals surface area contributed by atoms with Crippen molar-refractivity contribution in [1.29, 1.82) is 0 Å². The van der Waals surface area contributed by atoms with Crippen molar-refractivity contribution in [2.24, 2.45) is 0 Å². The second-order valence-electron chi connectivity index (χ2n) is 5.85. The SMILES string of the molecule is Cc1ccccc1CC(=O)NC(=S)Nc1ccccc1C(C)C. The maximum absolute atomic E-state index is 12.1. The number of hydrogen-bond donors (Lipinski definition) is 2. The molecule has 0 bridgehead atoms. The molecule has 0 heterocycles. The fourth-order valence-corrected chi connectivity index (χ4v) is 2.64. The Labute approximate surface area is 143 Å². The van der Waals surface area contributed by atoms with Crippen LogP contribution < -0.4 is 10.6 Å². The summed E-state index contributed by atoms with van der Waals surface area (Å²) < 4.78 is 0. The molecule has 3 nitrogen and oxygen atoms in total. The quantitative estimate of drug-likeness (QED) is 0.828. The molecule has 0 fully saturated rings. The summed E-state index contributed by atoms with van der Waals surface area (Å²) >= 11 is 5.26. The first-order valence-electron chi connectivity index (χ1n) is 7.71. The van der Waals surface area contributed by atoms with Crippen molar-refractivity contribution in [1.82, 2.24) is 5.32 Å². The molecular formula is C19H22N2OS. The molecule has 0 aliphatic rings. The average molecular weight is 326 g/mol. The summed E-state index contributed by atoms with van der Waals surface area (Å²) in [5, 5.41) is 6.20. The van der Waals surface area contributed by atoms with E-state index in [0.29, 0.717) is 17.5 Å². The van der Waals surface area contributed by atoms with Crippen LogP contribution in [0.3, 0.4) is 0 Å². The van der Waals surface area contributed by atoms with E-state index in [1.54, 1.807) is 0 Å². The van der Waals surface area contributed by atoms with E-state index in [4.69, 9.17) is 12.2 Å².